The van der Waals surface area contributed by atoms with Crippen LogP contribution in [-0.2, 0) is 6.54 Å². The number of benzene rings is 1. The van der Waals surface area contributed by atoms with E-state index < -0.39 is 12.7 Å². The van der Waals surface area contributed by atoms with Crippen LogP contribution in [0.3, 0.4) is 0 Å². The van der Waals surface area contributed by atoms with Crippen molar-refractivity contribution in [3.63, 3.8) is 0 Å². The molecule has 1 heterocycles. The van der Waals surface area contributed by atoms with Crippen LogP contribution in [0.25, 0.3) is 0 Å². The second kappa shape index (κ2) is 9.95. The number of aliphatic hydroxyl groups is 2. The third-order valence-corrected chi connectivity index (χ3v) is 3.25. The quantitative estimate of drug-likeness (QED) is 0.583. The highest BCUT2D eigenvalue weighted by molar-refractivity contribution is 5.94. The molecule has 0 spiro atoms. The van der Waals surface area contributed by atoms with Crippen LogP contribution in [0.5, 0.6) is 11.6 Å². The summed E-state index contributed by atoms with van der Waals surface area (Å²) in [6.45, 7) is 1.79. The lowest BCUT2D eigenvalue weighted by atomic mass is 10.2. The number of halogens is 1. The first kappa shape index (κ1) is 20.9. The van der Waals surface area contributed by atoms with E-state index in [9.17, 15) is 9.90 Å². The summed E-state index contributed by atoms with van der Waals surface area (Å²) in [5.74, 6) is 0.503. The second-order valence-corrected chi connectivity index (χ2v) is 5.34. The standard InChI is InChI=1S/C17H21N3O4.ClH/c1-11-5-12(8-18)6-16(20-11)24-15-4-2-3-13(7-15)17(23)19-9-14(22)10-21;/h2-7,14,21-22H,8-10,18H2,1H3,(H,19,23);1H/t14-;/m1./s1. The van der Waals surface area contributed by atoms with Crippen molar-refractivity contribution in [1.82, 2.24) is 10.3 Å². The number of carbonyl (C=O) groups excluding carboxylic acids is 1. The maximum atomic E-state index is 12.0. The van der Waals surface area contributed by atoms with Crippen LogP contribution >= 0.6 is 12.4 Å². The van der Waals surface area contributed by atoms with E-state index >= 15 is 0 Å². The average Bonchev–Trinajstić information content (AvgIpc) is 2.58. The maximum absolute atomic E-state index is 12.0. The van der Waals surface area contributed by atoms with Crippen LogP contribution in [0.2, 0.25) is 0 Å². The molecule has 0 saturated carbocycles. The SMILES string of the molecule is Cc1cc(CN)cc(Oc2cccc(C(=O)NC[C@@H](O)CO)c2)n1.Cl. The molecule has 0 unspecified atom stereocenters. The van der Waals surface area contributed by atoms with E-state index in [4.69, 9.17) is 15.6 Å². The third kappa shape index (κ3) is 6.32. The van der Waals surface area contributed by atoms with Gasteiger partial charge in [0.05, 0.1) is 12.7 Å². The highest BCUT2D eigenvalue weighted by Gasteiger charge is 2.10. The number of ether oxygens (including phenoxy) is 1. The molecule has 2 rings (SSSR count). The molecule has 0 aliphatic carbocycles. The smallest absolute Gasteiger partial charge is 0.251 e. The van der Waals surface area contributed by atoms with Crippen molar-refractivity contribution in [3.8, 4) is 11.6 Å². The molecule has 0 aliphatic heterocycles. The lowest BCUT2D eigenvalue weighted by Gasteiger charge is -2.11. The number of nitrogens with one attached hydrogen (secondary N) is 1. The summed E-state index contributed by atoms with van der Waals surface area (Å²) < 4.78 is 5.70. The number of carbonyl (C=O) groups is 1. The zero-order valence-electron chi connectivity index (χ0n) is 13.8. The first-order valence-electron chi connectivity index (χ1n) is 7.54. The lowest BCUT2D eigenvalue weighted by molar-refractivity contribution is 0.0802. The summed E-state index contributed by atoms with van der Waals surface area (Å²) in [5.41, 5.74) is 7.72. The van der Waals surface area contributed by atoms with Gasteiger partial charge in [0.2, 0.25) is 5.88 Å². The number of rotatable bonds is 7. The minimum absolute atomic E-state index is 0. The summed E-state index contributed by atoms with van der Waals surface area (Å²) >= 11 is 0. The van der Waals surface area contributed by atoms with Crippen LogP contribution in [0.1, 0.15) is 21.6 Å². The van der Waals surface area contributed by atoms with E-state index in [0.29, 0.717) is 23.7 Å². The van der Waals surface area contributed by atoms with Crippen LogP contribution < -0.4 is 15.8 Å². The van der Waals surface area contributed by atoms with E-state index in [1.807, 2.05) is 13.0 Å². The Labute approximate surface area is 152 Å². The van der Waals surface area contributed by atoms with Gasteiger partial charge < -0.3 is 26.0 Å². The van der Waals surface area contributed by atoms with Gasteiger partial charge in [-0.1, -0.05) is 6.07 Å². The number of nitrogens with zero attached hydrogens (tertiary/aromatic N) is 1. The van der Waals surface area contributed by atoms with Gasteiger partial charge in [-0.25, -0.2) is 4.98 Å². The average molecular weight is 368 g/mol. The van der Waals surface area contributed by atoms with Crippen molar-refractivity contribution < 1.29 is 19.7 Å². The first-order chi connectivity index (χ1) is 11.5. The molecule has 1 aromatic carbocycles. The second-order valence-electron chi connectivity index (χ2n) is 5.34. The Hall–Kier alpha value is -2.19. The molecule has 0 aliphatic rings. The molecule has 25 heavy (non-hydrogen) atoms. The molecular weight excluding hydrogens is 346 g/mol. The van der Waals surface area contributed by atoms with E-state index in [-0.39, 0.29) is 24.9 Å². The Balaban J connectivity index is 0.00000312. The van der Waals surface area contributed by atoms with Gasteiger partial charge in [0, 0.05) is 30.4 Å². The summed E-state index contributed by atoms with van der Waals surface area (Å²) in [5, 5.41) is 20.6. The fourth-order valence-electron chi connectivity index (χ4n) is 2.08. The van der Waals surface area contributed by atoms with Gasteiger partial charge >= 0.3 is 0 Å². The van der Waals surface area contributed by atoms with Crippen molar-refractivity contribution in [2.45, 2.75) is 19.6 Å². The number of aryl methyl sites for hydroxylation is 1. The predicted molar refractivity (Wildman–Crippen MR) is 96.1 cm³/mol. The Morgan fingerprint density at radius 2 is 2.12 bits per heavy atom. The summed E-state index contributed by atoms with van der Waals surface area (Å²) in [6, 6.07) is 10.2. The number of pyridine rings is 1. The molecule has 0 saturated heterocycles. The molecule has 0 radical (unpaired) electrons. The van der Waals surface area contributed by atoms with Crippen molar-refractivity contribution in [3.05, 3.63) is 53.2 Å². The molecule has 2 aromatic rings. The minimum atomic E-state index is -0.987. The molecule has 0 fully saturated rings. The summed E-state index contributed by atoms with van der Waals surface area (Å²) in [6.07, 6.45) is -0.987. The predicted octanol–water partition coefficient (Wildman–Crippen LogP) is 1.15. The monoisotopic (exact) mass is 367 g/mol. The fourth-order valence-corrected chi connectivity index (χ4v) is 2.08. The fraction of sp³-hybridized carbons (Fsp3) is 0.294. The van der Waals surface area contributed by atoms with Crippen molar-refractivity contribution >= 4 is 18.3 Å². The van der Waals surface area contributed by atoms with E-state index in [1.54, 1.807) is 30.3 Å². The Kier molecular flexibility index (Phi) is 8.30. The van der Waals surface area contributed by atoms with Crippen LogP contribution in [0.15, 0.2) is 36.4 Å². The normalized spacial score (nSPS) is 11.4. The topological polar surface area (TPSA) is 118 Å². The number of aliphatic hydroxyl groups excluding tert-OH is 2. The van der Waals surface area contributed by atoms with E-state index in [1.165, 1.54) is 0 Å². The highest BCUT2D eigenvalue weighted by atomic mass is 35.5. The van der Waals surface area contributed by atoms with Crippen molar-refractivity contribution in [1.29, 1.82) is 0 Å². The van der Waals surface area contributed by atoms with Gasteiger partial charge in [0.15, 0.2) is 0 Å². The summed E-state index contributed by atoms with van der Waals surface area (Å²) in [4.78, 5) is 16.3. The number of hydrogen-bond donors (Lipinski definition) is 4. The van der Waals surface area contributed by atoms with Gasteiger partial charge in [-0.15, -0.1) is 12.4 Å². The third-order valence-electron chi connectivity index (χ3n) is 3.25. The van der Waals surface area contributed by atoms with E-state index in [2.05, 4.69) is 10.3 Å². The van der Waals surface area contributed by atoms with Gasteiger partial charge in [-0.2, -0.15) is 0 Å². The summed E-state index contributed by atoms with van der Waals surface area (Å²) in [7, 11) is 0. The number of amides is 1. The molecule has 136 valence electrons. The molecule has 0 bridgehead atoms. The first-order valence-corrected chi connectivity index (χ1v) is 7.54. The zero-order chi connectivity index (χ0) is 17.5. The minimum Gasteiger partial charge on any atom is -0.439 e. The molecule has 1 amide bonds. The molecule has 7 nitrogen and oxygen atoms in total. The van der Waals surface area contributed by atoms with Crippen molar-refractivity contribution in [2.75, 3.05) is 13.2 Å². The van der Waals surface area contributed by atoms with Gasteiger partial charge in [0.25, 0.3) is 5.91 Å². The molecule has 1 aromatic heterocycles. The Bertz CT molecular complexity index is 712. The molecule has 8 heteroatoms. The van der Waals surface area contributed by atoms with Gasteiger partial charge in [-0.3, -0.25) is 4.79 Å². The maximum Gasteiger partial charge on any atom is 0.251 e. The van der Waals surface area contributed by atoms with Crippen LogP contribution in [0, 0.1) is 6.92 Å². The van der Waals surface area contributed by atoms with Crippen LogP contribution in [0.4, 0.5) is 0 Å². The number of aromatic nitrogens is 1. The molecule has 1 atom stereocenters. The Morgan fingerprint density at radius 1 is 1.36 bits per heavy atom. The van der Waals surface area contributed by atoms with Crippen LogP contribution in [-0.4, -0.2) is 40.4 Å². The van der Waals surface area contributed by atoms with E-state index in [0.717, 1.165) is 11.3 Å². The molecular formula is C17H22ClN3O4. The molecule has 5 N–H and O–H groups in total. The lowest BCUT2D eigenvalue weighted by Crippen LogP contribution is -2.33. The zero-order valence-corrected chi connectivity index (χ0v) is 14.6. The number of hydrogen-bond acceptors (Lipinski definition) is 6. The largest absolute Gasteiger partial charge is 0.439 e. The van der Waals surface area contributed by atoms with Gasteiger partial charge in [-0.05, 0) is 36.8 Å². The Morgan fingerprint density at radius 3 is 2.80 bits per heavy atom. The van der Waals surface area contributed by atoms with Crippen molar-refractivity contribution in [2.24, 2.45) is 5.73 Å². The number of nitrogens with two attached hydrogens (primary N) is 1. The highest BCUT2D eigenvalue weighted by Crippen LogP contribution is 2.22. The van der Waals surface area contributed by atoms with Gasteiger partial charge in [0.1, 0.15) is 5.75 Å².